The predicted octanol–water partition coefficient (Wildman–Crippen LogP) is 5.04. The number of benzene rings is 2. The van der Waals surface area contributed by atoms with Crippen LogP contribution >= 0.6 is 11.3 Å². The number of anilines is 1. The van der Waals surface area contributed by atoms with Crippen molar-refractivity contribution >= 4 is 32.6 Å². The lowest BCUT2D eigenvalue weighted by molar-refractivity contribution is -0.118. The van der Waals surface area contributed by atoms with Crippen molar-refractivity contribution in [3.05, 3.63) is 83.7 Å². The molecule has 4 aromatic rings. The average molecular weight is 418 g/mol. The number of rotatable bonds is 7. The van der Waals surface area contributed by atoms with E-state index in [1.807, 2.05) is 48.5 Å². The van der Waals surface area contributed by atoms with Gasteiger partial charge in [0.2, 0.25) is 5.91 Å². The SMILES string of the molecule is CCc1cccc2sc(N(Cc3ccccn3)C(=O)Cc3ccc(OC)cc3)nc12. The lowest BCUT2D eigenvalue weighted by atomic mass is 10.1. The van der Waals surface area contributed by atoms with E-state index in [9.17, 15) is 4.79 Å². The predicted molar refractivity (Wildman–Crippen MR) is 121 cm³/mol. The van der Waals surface area contributed by atoms with Gasteiger partial charge in [0.25, 0.3) is 0 Å². The van der Waals surface area contributed by atoms with Crippen LogP contribution in [0.5, 0.6) is 5.75 Å². The lowest BCUT2D eigenvalue weighted by Crippen LogP contribution is -2.32. The molecule has 0 aliphatic heterocycles. The first kappa shape index (κ1) is 20.0. The minimum atomic E-state index is -0.0112. The zero-order chi connectivity index (χ0) is 20.9. The molecule has 4 rings (SSSR count). The third-order valence-electron chi connectivity index (χ3n) is 4.96. The Morgan fingerprint density at radius 3 is 2.60 bits per heavy atom. The Bertz CT molecular complexity index is 1140. The summed E-state index contributed by atoms with van der Waals surface area (Å²) < 4.78 is 6.30. The fraction of sp³-hybridized carbons (Fsp3) is 0.208. The van der Waals surface area contributed by atoms with Crippen LogP contribution in [0.15, 0.2) is 66.9 Å². The van der Waals surface area contributed by atoms with E-state index in [2.05, 4.69) is 24.0 Å². The van der Waals surface area contributed by atoms with E-state index in [0.717, 1.165) is 33.6 Å². The summed E-state index contributed by atoms with van der Waals surface area (Å²) >= 11 is 1.55. The van der Waals surface area contributed by atoms with Gasteiger partial charge in [0.05, 0.1) is 36.0 Å². The molecule has 2 aromatic heterocycles. The second-order valence-corrected chi connectivity index (χ2v) is 7.95. The number of pyridine rings is 1. The van der Waals surface area contributed by atoms with Crippen molar-refractivity contribution in [2.24, 2.45) is 0 Å². The van der Waals surface area contributed by atoms with Crippen LogP contribution in [0.1, 0.15) is 23.7 Å². The van der Waals surface area contributed by atoms with E-state index in [-0.39, 0.29) is 12.3 Å². The van der Waals surface area contributed by atoms with Crippen molar-refractivity contribution in [1.29, 1.82) is 0 Å². The number of carbonyl (C=O) groups is 1. The van der Waals surface area contributed by atoms with Gasteiger partial charge in [0, 0.05) is 6.20 Å². The van der Waals surface area contributed by atoms with Crippen molar-refractivity contribution < 1.29 is 9.53 Å². The molecule has 0 aliphatic carbocycles. The molecule has 0 atom stereocenters. The van der Waals surface area contributed by atoms with Crippen LogP contribution in [0.25, 0.3) is 10.2 Å². The number of fused-ring (bicyclic) bond motifs is 1. The van der Waals surface area contributed by atoms with Crippen LogP contribution in [0.3, 0.4) is 0 Å². The van der Waals surface area contributed by atoms with Crippen LogP contribution in [0.2, 0.25) is 0 Å². The van der Waals surface area contributed by atoms with E-state index in [4.69, 9.17) is 9.72 Å². The highest BCUT2D eigenvalue weighted by atomic mass is 32.1. The summed E-state index contributed by atoms with van der Waals surface area (Å²) in [6.07, 6.45) is 2.93. The van der Waals surface area contributed by atoms with E-state index in [1.54, 1.807) is 29.5 Å². The molecule has 0 N–H and O–H groups in total. The van der Waals surface area contributed by atoms with Gasteiger partial charge in [-0.3, -0.25) is 14.7 Å². The van der Waals surface area contributed by atoms with Gasteiger partial charge in [0.1, 0.15) is 5.75 Å². The molecule has 6 heteroatoms. The molecule has 0 spiro atoms. The van der Waals surface area contributed by atoms with Crippen molar-refractivity contribution in [3.63, 3.8) is 0 Å². The van der Waals surface area contributed by atoms with Gasteiger partial charge in [-0.2, -0.15) is 0 Å². The number of thiazole rings is 1. The summed E-state index contributed by atoms with van der Waals surface area (Å²) in [4.78, 5) is 24.3. The molecule has 2 heterocycles. The third-order valence-corrected chi connectivity index (χ3v) is 6.01. The molecule has 0 radical (unpaired) electrons. The zero-order valence-electron chi connectivity index (χ0n) is 17.0. The molecule has 0 saturated heterocycles. The molecule has 0 aliphatic rings. The maximum atomic E-state index is 13.3. The smallest absolute Gasteiger partial charge is 0.233 e. The number of hydrogen-bond acceptors (Lipinski definition) is 5. The zero-order valence-corrected chi connectivity index (χ0v) is 17.9. The Labute approximate surface area is 180 Å². The molecule has 152 valence electrons. The lowest BCUT2D eigenvalue weighted by Gasteiger charge is -2.19. The van der Waals surface area contributed by atoms with Crippen LogP contribution in [-0.4, -0.2) is 23.0 Å². The van der Waals surface area contributed by atoms with Crippen LogP contribution in [0.4, 0.5) is 5.13 Å². The maximum Gasteiger partial charge on any atom is 0.233 e. The highest BCUT2D eigenvalue weighted by Gasteiger charge is 2.21. The van der Waals surface area contributed by atoms with Crippen molar-refractivity contribution in [3.8, 4) is 5.75 Å². The van der Waals surface area contributed by atoms with Gasteiger partial charge in [-0.15, -0.1) is 0 Å². The molecular formula is C24H23N3O2S. The summed E-state index contributed by atoms with van der Waals surface area (Å²) in [5, 5.41) is 0.704. The summed E-state index contributed by atoms with van der Waals surface area (Å²) in [6, 6.07) is 19.5. The summed E-state index contributed by atoms with van der Waals surface area (Å²) in [5.41, 5.74) is 3.93. The number of nitrogens with zero attached hydrogens (tertiary/aromatic N) is 3. The number of carbonyl (C=O) groups excluding carboxylic acids is 1. The second kappa shape index (κ2) is 9.05. The monoisotopic (exact) mass is 417 g/mol. The van der Waals surface area contributed by atoms with Gasteiger partial charge < -0.3 is 4.74 Å². The average Bonchev–Trinajstić information content (AvgIpc) is 3.22. The van der Waals surface area contributed by atoms with Crippen LogP contribution < -0.4 is 9.64 Å². The molecule has 5 nitrogen and oxygen atoms in total. The Morgan fingerprint density at radius 2 is 1.90 bits per heavy atom. The summed E-state index contributed by atoms with van der Waals surface area (Å²) in [5.74, 6) is 0.762. The first-order valence-corrected chi connectivity index (χ1v) is 10.7. The van der Waals surface area contributed by atoms with E-state index < -0.39 is 0 Å². The normalized spacial score (nSPS) is 10.9. The molecular weight excluding hydrogens is 394 g/mol. The number of aromatic nitrogens is 2. The second-order valence-electron chi connectivity index (χ2n) is 6.94. The number of para-hydroxylation sites is 1. The number of amides is 1. The molecule has 0 bridgehead atoms. The summed E-state index contributed by atoms with van der Waals surface area (Å²) in [6.45, 7) is 2.51. The molecule has 2 aromatic carbocycles. The molecule has 0 saturated carbocycles. The van der Waals surface area contributed by atoms with E-state index in [1.165, 1.54) is 5.56 Å². The quantitative estimate of drug-likeness (QED) is 0.423. The minimum absolute atomic E-state index is 0.0112. The van der Waals surface area contributed by atoms with Crippen LogP contribution in [0, 0.1) is 0 Å². The number of aryl methyl sites for hydroxylation is 1. The highest BCUT2D eigenvalue weighted by molar-refractivity contribution is 7.22. The van der Waals surface area contributed by atoms with Gasteiger partial charge in [-0.25, -0.2) is 4.98 Å². The Kier molecular flexibility index (Phi) is 6.05. The van der Waals surface area contributed by atoms with Gasteiger partial charge in [-0.05, 0) is 47.9 Å². The Morgan fingerprint density at radius 1 is 1.07 bits per heavy atom. The molecule has 30 heavy (non-hydrogen) atoms. The number of hydrogen-bond donors (Lipinski definition) is 0. The van der Waals surface area contributed by atoms with Crippen molar-refractivity contribution in [1.82, 2.24) is 9.97 Å². The van der Waals surface area contributed by atoms with Gasteiger partial charge in [0.15, 0.2) is 5.13 Å². The number of ether oxygens (including phenoxy) is 1. The van der Waals surface area contributed by atoms with Crippen molar-refractivity contribution in [2.45, 2.75) is 26.3 Å². The van der Waals surface area contributed by atoms with Crippen LogP contribution in [-0.2, 0) is 24.2 Å². The topological polar surface area (TPSA) is 55.3 Å². The standard InChI is InChI=1S/C24H23N3O2S/c1-3-18-7-6-9-21-23(18)26-24(30-21)27(16-19-8-4-5-14-25-19)22(28)15-17-10-12-20(29-2)13-11-17/h4-14H,3,15-16H2,1-2H3. The molecule has 0 unspecified atom stereocenters. The summed E-state index contributed by atoms with van der Waals surface area (Å²) in [7, 11) is 1.63. The molecule has 0 fully saturated rings. The maximum absolute atomic E-state index is 13.3. The first-order valence-electron chi connectivity index (χ1n) is 9.89. The van der Waals surface area contributed by atoms with E-state index >= 15 is 0 Å². The largest absolute Gasteiger partial charge is 0.497 e. The number of methoxy groups -OCH3 is 1. The minimum Gasteiger partial charge on any atom is -0.497 e. The fourth-order valence-electron chi connectivity index (χ4n) is 3.32. The first-order chi connectivity index (χ1) is 14.7. The Hall–Kier alpha value is -3.25. The van der Waals surface area contributed by atoms with Gasteiger partial charge >= 0.3 is 0 Å². The van der Waals surface area contributed by atoms with Crippen molar-refractivity contribution in [2.75, 3.05) is 12.0 Å². The fourth-order valence-corrected chi connectivity index (χ4v) is 4.35. The molecule has 1 amide bonds. The third kappa shape index (κ3) is 4.33. The van der Waals surface area contributed by atoms with Gasteiger partial charge in [-0.1, -0.05) is 48.6 Å². The van der Waals surface area contributed by atoms with E-state index in [0.29, 0.717) is 11.7 Å². The highest BCUT2D eigenvalue weighted by Crippen LogP contribution is 2.32. The Balaban J connectivity index is 1.67.